The second-order valence-electron chi connectivity index (χ2n) is 4.47. The Kier molecular flexibility index (Phi) is 5.15. The number of hydrogen-bond acceptors (Lipinski definition) is 3. The van der Waals surface area contributed by atoms with Crippen LogP contribution in [0.1, 0.15) is 26.2 Å². The summed E-state index contributed by atoms with van der Waals surface area (Å²) in [5.41, 5.74) is 10.9. The molecule has 2 amide bonds. The van der Waals surface area contributed by atoms with Gasteiger partial charge in [0.05, 0.1) is 12.5 Å². The molecule has 0 aromatic carbocycles. The van der Waals surface area contributed by atoms with Gasteiger partial charge in [-0.3, -0.25) is 9.59 Å². The van der Waals surface area contributed by atoms with Crippen molar-refractivity contribution in [2.45, 2.75) is 32.2 Å². The van der Waals surface area contributed by atoms with Crippen molar-refractivity contribution in [1.29, 1.82) is 0 Å². The first kappa shape index (κ1) is 13.7. The summed E-state index contributed by atoms with van der Waals surface area (Å²) < 4.78 is 0. The van der Waals surface area contributed by atoms with E-state index in [1.165, 1.54) is 0 Å². The average Bonchev–Trinajstić information content (AvgIpc) is 2.69. The van der Waals surface area contributed by atoms with E-state index in [9.17, 15) is 9.59 Å². The second-order valence-corrected chi connectivity index (χ2v) is 4.47. The van der Waals surface area contributed by atoms with E-state index in [2.05, 4.69) is 0 Å². The number of primary amides is 1. The lowest BCUT2D eigenvalue weighted by Crippen LogP contribution is -2.42. The summed E-state index contributed by atoms with van der Waals surface area (Å²) in [5, 5.41) is 0. The van der Waals surface area contributed by atoms with Crippen LogP contribution in [-0.2, 0) is 9.59 Å². The molecule has 0 saturated heterocycles. The molecular weight excluding hydrogens is 218 g/mol. The molecule has 0 heterocycles. The van der Waals surface area contributed by atoms with Gasteiger partial charge in [-0.15, -0.1) is 0 Å². The molecule has 96 valence electrons. The number of hydrogen-bond donors (Lipinski definition) is 2. The van der Waals surface area contributed by atoms with Gasteiger partial charge in [0.1, 0.15) is 0 Å². The van der Waals surface area contributed by atoms with Gasteiger partial charge in [0, 0.05) is 12.6 Å². The van der Waals surface area contributed by atoms with Crippen molar-refractivity contribution in [3.8, 4) is 0 Å². The van der Waals surface area contributed by atoms with Crippen molar-refractivity contribution in [2.75, 3.05) is 13.1 Å². The molecule has 0 aromatic heterocycles. The number of rotatable bonds is 6. The molecule has 0 saturated carbocycles. The summed E-state index contributed by atoms with van der Waals surface area (Å²) in [6.07, 6.45) is 6.14. The molecular formula is C12H21N3O2. The Balaban J connectivity index is 2.58. The van der Waals surface area contributed by atoms with Gasteiger partial charge in [-0.1, -0.05) is 25.5 Å². The van der Waals surface area contributed by atoms with E-state index in [1.54, 1.807) is 4.90 Å². The summed E-state index contributed by atoms with van der Waals surface area (Å²) in [6, 6.07) is -0.0504. The highest BCUT2D eigenvalue weighted by Gasteiger charge is 2.27. The molecule has 0 fully saturated rings. The Morgan fingerprint density at radius 1 is 1.41 bits per heavy atom. The van der Waals surface area contributed by atoms with Gasteiger partial charge < -0.3 is 16.4 Å². The number of nitrogens with zero attached hydrogens (tertiary/aromatic N) is 1. The van der Waals surface area contributed by atoms with E-state index in [0.717, 1.165) is 12.8 Å². The van der Waals surface area contributed by atoms with Crippen molar-refractivity contribution >= 4 is 11.8 Å². The van der Waals surface area contributed by atoms with Crippen LogP contribution in [0, 0.1) is 5.92 Å². The third kappa shape index (κ3) is 4.19. The van der Waals surface area contributed by atoms with Gasteiger partial charge in [-0.25, -0.2) is 0 Å². The third-order valence-corrected chi connectivity index (χ3v) is 2.87. The quantitative estimate of drug-likeness (QED) is 0.639. The lowest BCUT2D eigenvalue weighted by molar-refractivity contribution is -0.137. The molecule has 1 rings (SSSR count). The van der Waals surface area contributed by atoms with Crippen molar-refractivity contribution in [3.63, 3.8) is 0 Å². The highest BCUT2D eigenvalue weighted by Crippen LogP contribution is 2.19. The number of nitrogens with two attached hydrogens (primary N) is 2. The zero-order valence-electron chi connectivity index (χ0n) is 10.3. The van der Waals surface area contributed by atoms with Crippen LogP contribution in [0.2, 0.25) is 0 Å². The predicted molar refractivity (Wildman–Crippen MR) is 65.9 cm³/mol. The standard InChI is InChI=1S/C12H21N3O2/c1-2-3-6-15(8-11(14)16)12(17)9-4-5-10(13)7-9/h4-5,9-10H,2-3,6-8,13H2,1H3,(H2,14,16). The Hall–Kier alpha value is -1.36. The molecule has 5 nitrogen and oxygen atoms in total. The number of unbranched alkanes of at least 4 members (excludes halogenated alkanes) is 1. The van der Waals surface area contributed by atoms with E-state index in [0.29, 0.717) is 13.0 Å². The maximum absolute atomic E-state index is 12.1. The van der Waals surface area contributed by atoms with Gasteiger partial charge in [-0.05, 0) is 12.8 Å². The molecule has 0 spiro atoms. The zero-order chi connectivity index (χ0) is 12.8. The largest absolute Gasteiger partial charge is 0.368 e. The number of amides is 2. The van der Waals surface area contributed by atoms with E-state index >= 15 is 0 Å². The van der Waals surface area contributed by atoms with Crippen molar-refractivity contribution in [3.05, 3.63) is 12.2 Å². The number of carbonyl (C=O) groups is 2. The summed E-state index contributed by atoms with van der Waals surface area (Å²) in [6.45, 7) is 2.62. The molecule has 2 unspecified atom stereocenters. The molecule has 0 bridgehead atoms. The predicted octanol–water partition coefficient (Wildman–Crippen LogP) is 0.00380. The van der Waals surface area contributed by atoms with Crippen LogP contribution in [-0.4, -0.2) is 35.8 Å². The monoisotopic (exact) mass is 239 g/mol. The molecule has 4 N–H and O–H groups in total. The average molecular weight is 239 g/mol. The first-order valence-electron chi connectivity index (χ1n) is 6.05. The Morgan fingerprint density at radius 3 is 2.59 bits per heavy atom. The number of carbonyl (C=O) groups excluding carboxylic acids is 2. The second kappa shape index (κ2) is 6.39. The van der Waals surface area contributed by atoms with Crippen LogP contribution < -0.4 is 11.5 Å². The fourth-order valence-corrected chi connectivity index (χ4v) is 1.95. The molecule has 2 atom stereocenters. The molecule has 1 aliphatic rings. The summed E-state index contributed by atoms with van der Waals surface area (Å²) in [5.74, 6) is -0.705. The third-order valence-electron chi connectivity index (χ3n) is 2.87. The summed E-state index contributed by atoms with van der Waals surface area (Å²) >= 11 is 0. The van der Waals surface area contributed by atoms with Gasteiger partial charge >= 0.3 is 0 Å². The fourth-order valence-electron chi connectivity index (χ4n) is 1.95. The highest BCUT2D eigenvalue weighted by molar-refractivity contribution is 5.86. The van der Waals surface area contributed by atoms with E-state index < -0.39 is 5.91 Å². The lowest BCUT2D eigenvalue weighted by atomic mass is 10.1. The minimum absolute atomic E-state index is 0.00158. The van der Waals surface area contributed by atoms with Gasteiger partial charge in [0.25, 0.3) is 0 Å². The first-order valence-corrected chi connectivity index (χ1v) is 6.05. The molecule has 0 radical (unpaired) electrons. The lowest BCUT2D eigenvalue weighted by Gasteiger charge is -2.23. The van der Waals surface area contributed by atoms with Gasteiger partial charge in [0.15, 0.2) is 0 Å². The van der Waals surface area contributed by atoms with Crippen LogP contribution >= 0.6 is 0 Å². The van der Waals surface area contributed by atoms with Crippen LogP contribution in [0.25, 0.3) is 0 Å². The van der Waals surface area contributed by atoms with Gasteiger partial charge in [-0.2, -0.15) is 0 Å². The van der Waals surface area contributed by atoms with Gasteiger partial charge in [0.2, 0.25) is 11.8 Å². The SMILES string of the molecule is CCCCN(CC(N)=O)C(=O)C1C=CC(N)C1. The Morgan fingerprint density at radius 2 is 2.12 bits per heavy atom. The molecule has 0 aromatic rings. The van der Waals surface area contributed by atoms with E-state index in [1.807, 2.05) is 19.1 Å². The molecule has 0 aliphatic heterocycles. The zero-order valence-corrected chi connectivity index (χ0v) is 10.3. The normalized spacial score (nSPS) is 22.7. The fraction of sp³-hybridized carbons (Fsp3) is 0.667. The van der Waals surface area contributed by atoms with E-state index in [-0.39, 0.29) is 24.4 Å². The maximum Gasteiger partial charge on any atom is 0.237 e. The van der Waals surface area contributed by atoms with Crippen molar-refractivity contribution in [2.24, 2.45) is 17.4 Å². The molecule has 1 aliphatic carbocycles. The van der Waals surface area contributed by atoms with Crippen molar-refractivity contribution in [1.82, 2.24) is 4.90 Å². The van der Waals surface area contributed by atoms with Crippen LogP contribution in [0.5, 0.6) is 0 Å². The van der Waals surface area contributed by atoms with Crippen LogP contribution in [0.15, 0.2) is 12.2 Å². The molecule has 17 heavy (non-hydrogen) atoms. The van der Waals surface area contributed by atoms with Crippen LogP contribution in [0.4, 0.5) is 0 Å². The van der Waals surface area contributed by atoms with Crippen molar-refractivity contribution < 1.29 is 9.59 Å². The smallest absolute Gasteiger partial charge is 0.237 e. The summed E-state index contributed by atoms with van der Waals surface area (Å²) in [4.78, 5) is 24.6. The highest BCUT2D eigenvalue weighted by atomic mass is 16.2. The Labute approximate surface area is 102 Å². The topological polar surface area (TPSA) is 89.4 Å². The Bertz CT molecular complexity index is 315. The summed E-state index contributed by atoms with van der Waals surface area (Å²) in [7, 11) is 0. The minimum Gasteiger partial charge on any atom is -0.368 e. The minimum atomic E-state index is -0.472. The first-order chi connectivity index (χ1) is 8.04. The van der Waals surface area contributed by atoms with Crippen LogP contribution in [0.3, 0.4) is 0 Å². The maximum atomic E-state index is 12.1. The van der Waals surface area contributed by atoms with E-state index in [4.69, 9.17) is 11.5 Å². The molecule has 5 heteroatoms.